The normalized spacial score (nSPS) is 15.8. The Morgan fingerprint density at radius 1 is 1.06 bits per heavy atom. The summed E-state index contributed by atoms with van der Waals surface area (Å²) in [5.41, 5.74) is 3.78. The second-order valence-electron chi connectivity index (χ2n) is 7.87. The first-order valence-corrected chi connectivity index (χ1v) is 13.0. The molecule has 0 N–H and O–H groups in total. The lowest BCUT2D eigenvalue weighted by Gasteiger charge is -2.14. The molecule has 0 radical (unpaired) electrons. The summed E-state index contributed by atoms with van der Waals surface area (Å²) < 4.78 is 12.7. The lowest BCUT2D eigenvalue weighted by molar-refractivity contribution is -0.121. The number of carbonyl (C=O) groups excluding carboxylic acids is 1. The number of hydrogen-bond acceptors (Lipinski definition) is 5. The van der Waals surface area contributed by atoms with Gasteiger partial charge in [-0.15, -0.1) is 0 Å². The molecule has 4 rings (SSSR count). The fraction of sp³-hybridized carbons (Fsp3) is 0.185. The molecule has 0 aromatic heterocycles. The van der Waals surface area contributed by atoms with Gasteiger partial charge in [0.15, 0.2) is 16.7 Å². The number of ether oxygens (including phenoxy) is 2. The minimum absolute atomic E-state index is 0.103. The minimum Gasteiger partial charge on any atom is -0.490 e. The molecule has 5 nitrogen and oxygen atoms in total. The molecule has 1 fully saturated rings. The number of benzene rings is 3. The van der Waals surface area contributed by atoms with Crippen LogP contribution < -0.4 is 9.47 Å². The molecule has 0 atom stereocenters. The first-order chi connectivity index (χ1) is 16.8. The van der Waals surface area contributed by atoms with E-state index in [1.54, 1.807) is 11.9 Å². The molecule has 1 heterocycles. The average molecular weight is 572 g/mol. The summed E-state index contributed by atoms with van der Waals surface area (Å²) in [6, 6.07) is 19.1. The maximum absolute atomic E-state index is 12.9. The van der Waals surface area contributed by atoms with E-state index < -0.39 is 0 Å². The second-order valence-corrected chi connectivity index (χ2v) is 10.2. The Balaban J connectivity index is 1.58. The van der Waals surface area contributed by atoms with Crippen LogP contribution in [0.3, 0.4) is 0 Å². The summed E-state index contributed by atoms with van der Waals surface area (Å²) in [5, 5.41) is 1.31. The van der Waals surface area contributed by atoms with Gasteiger partial charge in [-0.05, 0) is 79.2 Å². The van der Waals surface area contributed by atoms with Crippen molar-refractivity contribution in [3.63, 3.8) is 0 Å². The van der Waals surface area contributed by atoms with Gasteiger partial charge in [-0.1, -0.05) is 57.4 Å². The molecule has 1 saturated heterocycles. The maximum Gasteiger partial charge on any atom is 0.266 e. The highest BCUT2D eigenvalue weighted by molar-refractivity contribution is 9.10. The molecule has 8 heteroatoms. The highest BCUT2D eigenvalue weighted by Crippen LogP contribution is 2.38. The smallest absolute Gasteiger partial charge is 0.266 e. The van der Waals surface area contributed by atoms with Gasteiger partial charge in [-0.2, -0.15) is 0 Å². The third-order valence-electron chi connectivity index (χ3n) is 5.22. The van der Waals surface area contributed by atoms with Crippen molar-refractivity contribution < 1.29 is 14.3 Å². The molecule has 0 unspecified atom stereocenters. The fourth-order valence-electron chi connectivity index (χ4n) is 3.31. The first-order valence-electron chi connectivity index (χ1n) is 11.0. The summed E-state index contributed by atoms with van der Waals surface area (Å²) in [7, 11) is 1.73. The summed E-state index contributed by atoms with van der Waals surface area (Å²) in [6.45, 7) is 4.81. The van der Waals surface area contributed by atoms with Crippen molar-refractivity contribution in [3.05, 3.63) is 91.8 Å². The van der Waals surface area contributed by atoms with Crippen LogP contribution in [-0.2, 0) is 11.4 Å². The molecular formula is C27H24BrClN2O3S. The van der Waals surface area contributed by atoms with Crippen LogP contribution in [0.4, 0.5) is 5.69 Å². The standard InChI is InChI=1S/C27H24BrClN2O3S/c1-4-33-23-13-19(22(28)15-24(23)34-16-18-7-9-20(29)10-8-18)14-25-26(32)31(3)27(35-25)30-21-11-5-17(2)6-12-21/h5-15H,4,16H2,1-3H3/b25-14-,30-27?. The van der Waals surface area contributed by atoms with Crippen LogP contribution in [0.15, 0.2) is 75.0 Å². The summed E-state index contributed by atoms with van der Waals surface area (Å²) in [6.07, 6.45) is 1.84. The monoisotopic (exact) mass is 570 g/mol. The molecule has 3 aromatic rings. The number of carbonyl (C=O) groups is 1. The zero-order chi connectivity index (χ0) is 24.9. The molecule has 1 aliphatic rings. The lowest BCUT2D eigenvalue weighted by atomic mass is 10.1. The number of hydrogen-bond donors (Lipinski definition) is 0. The Bertz CT molecular complexity index is 1290. The maximum atomic E-state index is 12.9. The van der Waals surface area contributed by atoms with E-state index in [-0.39, 0.29) is 5.91 Å². The molecule has 0 aliphatic carbocycles. The summed E-state index contributed by atoms with van der Waals surface area (Å²) in [4.78, 5) is 19.7. The van der Waals surface area contributed by atoms with E-state index in [2.05, 4.69) is 20.9 Å². The van der Waals surface area contributed by atoms with Crippen LogP contribution in [0.2, 0.25) is 5.02 Å². The van der Waals surface area contributed by atoms with E-state index in [1.807, 2.05) is 80.6 Å². The van der Waals surface area contributed by atoms with E-state index in [9.17, 15) is 4.79 Å². The van der Waals surface area contributed by atoms with E-state index in [4.69, 9.17) is 21.1 Å². The van der Waals surface area contributed by atoms with Gasteiger partial charge in [0, 0.05) is 16.5 Å². The number of halogens is 2. The van der Waals surface area contributed by atoms with Crippen molar-refractivity contribution in [1.29, 1.82) is 0 Å². The Morgan fingerprint density at radius 3 is 2.43 bits per heavy atom. The number of aryl methyl sites for hydroxylation is 1. The fourth-order valence-corrected chi connectivity index (χ4v) is 4.85. The first kappa shape index (κ1) is 25.4. The van der Waals surface area contributed by atoms with Gasteiger partial charge >= 0.3 is 0 Å². The van der Waals surface area contributed by atoms with Gasteiger partial charge in [-0.3, -0.25) is 9.69 Å². The third-order valence-corrected chi connectivity index (χ3v) is 7.22. The summed E-state index contributed by atoms with van der Waals surface area (Å²) >= 11 is 10.9. The second kappa shape index (κ2) is 11.3. The van der Waals surface area contributed by atoms with Crippen molar-refractivity contribution in [2.45, 2.75) is 20.5 Å². The Morgan fingerprint density at radius 2 is 1.74 bits per heavy atom. The number of amides is 1. The van der Waals surface area contributed by atoms with Crippen molar-refractivity contribution in [2.24, 2.45) is 4.99 Å². The molecule has 180 valence electrons. The predicted octanol–water partition coefficient (Wildman–Crippen LogP) is 7.62. The molecule has 0 bridgehead atoms. The van der Waals surface area contributed by atoms with Crippen LogP contribution in [-0.4, -0.2) is 29.6 Å². The van der Waals surface area contributed by atoms with Crippen molar-refractivity contribution in [3.8, 4) is 11.5 Å². The molecule has 35 heavy (non-hydrogen) atoms. The van der Waals surface area contributed by atoms with Gasteiger partial charge < -0.3 is 9.47 Å². The molecule has 0 spiro atoms. The van der Waals surface area contributed by atoms with Gasteiger partial charge in [0.1, 0.15) is 6.61 Å². The minimum atomic E-state index is -0.103. The van der Waals surface area contributed by atoms with E-state index >= 15 is 0 Å². The van der Waals surface area contributed by atoms with Crippen molar-refractivity contribution in [1.82, 2.24) is 4.90 Å². The Kier molecular flexibility index (Phi) is 8.21. The van der Waals surface area contributed by atoms with E-state index in [0.717, 1.165) is 26.9 Å². The van der Waals surface area contributed by atoms with Gasteiger partial charge in [0.2, 0.25) is 0 Å². The zero-order valence-electron chi connectivity index (χ0n) is 19.5. The van der Waals surface area contributed by atoms with Crippen molar-refractivity contribution in [2.75, 3.05) is 13.7 Å². The van der Waals surface area contributed by atoms with Crippen LogP contribution in [0.25, 0.3) is 6.08 Å². The highest BCUT2D eigenvalue weighted by atomic mass is 79.9. The average Bonchev–Trinajstić information content (AvgIpc) is 3.10. The third kappa shape index (κ3) is 6.28. The van der Waals surface area contributed by atoms with Crippen LogP contribution in [0, 0.1) is 6.92 Å². The topological polar surface area (TPSA) is 51.1 Å². The van der Waals surface area contributed by atoms with Gasteiger partial charge in [-0.25, -0.2) is 4.99 Å². The summed E-state index contributed by atoms with van der Waals surface area (Å²) in [5.74, 6) is 1.11. The Labute approximate surface area is 222 Å². The Hall–Kier alpha value is -2.74. The molecule has 0 saturated carbocycles. The van der Waals surface area contributed by atoms with Crippen LogP contribution in [0.5, 0.6) is 11.5 Å². The molecule has 1 aliphatic heterocycles. The SMILES string of the molecule is CCOc1cc(/C=C2\SC(=Nc3ccc(C)cc3)N(C)C2=O)c(Br)cc1OCc1ccc(Cl)cc1. The zero-order valence-corrected chi connectivity index (χ0v) is 22.7. The molecular weight excluding hydrogens is 548 g/mol. The van der Waals surface area contributed by atoms with Crippen LogP contribution in [0.1, 0.15) is 23.6 Å². The predicted molar refractivity (Wildman–Crippen MR) is 148 cm³/mol. The number of amidine groups is 1. The van der Waals surface area contributed by atoms with Gasteiger partial charge in [0.25, 0.3) is 5.91 Å². The largest absolute Gasteiger partial charge is 0.490 e. The van der Waals surface area contributed by atoms with E-state index in [1.165, 1.54) is 11.8 Å². The lowest BCUT2D eigenvalue weighted by Crippen LogP contribution is -2.23. The van der Waals surface area contributed by atoms with E-state index in [0.29, 0.717) is 39.8 Å². The van der Waals surface area contributed by atoms with Crippen LogP contribution >= 0.6 is 39.3 Å². The van der Waals surface area contributed by atoms with Crippen molar-refractivity contribution >= 4 is 62.1 Å². The quantitative estimate of drug-likeness (QED) is 0.274. The number of thioether (sulfide) groups is 1. The highest BCUT2D eigenvalue weighted by Gasteiger charge is 2.30. The number of nitrogens with zero attached hydrogens (tertiary/aromatic N) is 2. The number of aliphatic imine (C=N–C) groups is 1. The number of rotatable bonds is 7. The van der Waals surface area contributed by atoms with Gasteiger partial charge in [0.05, 0.1) is 17.2 Å². The molecule has 3 aromatic carbocycles. The number of likely N-dealkylation sites (N-methyl/N-ethyl adjacent to an activating group) is 1. The molecule has 1 amide bonds.